The molecule has 82 valence electrons. The van der Waals surface area contributed by atoms with Gasteiger partial charge in [-0.05, 0) is 6.07 Å². The number of carbonyl (C=O) groups excluding carboxylic acids is 1. The number of nitrogens with two attached hydrogens (primary N) is 1. The molecule has 0 aromatic carbocycles. The highest BCUT2D eigenvalue weighted by Crippen LogP contribution is 2.12. The Morgan fingerprint density at radius 3 is 2.88 bits per heavy atom. The van der Waals surface area contributed by atoms with Crippen LogP contribution in [-0.2, 0) is 7.05 Å². The molecule has 2 aromatic heterocycles. The van der Waals surface area contributed by atoms with Gasteiger partial charge in [0, 0.05) is 19.3 Å². The van der Waals surface area contributed by atoms with E-state index in [0.29, 0.717) is 17.1 Å². The number of aryl methyl sites for hydroxylation is 1. The Bertz CT molecular complexity index is 519. The number of carbonyl (C=O) groups is 1. The minimum Gasteiger partial charge on any atom is -0.397 e. The maximum absolute atomic E-state index is 11.8. The van der Waals surface area contributed by atoms with Gasteiger partial charge in [-0.15, -0.1) is 0 Å². The van der Waals surface area contributed by atoms with E-state index in [9.17, 15) is 4.79 Å². The van der Waals surface area contributed by atoms with Gasteiger partial charge in [-0.3, -0.25) is 14.5 Å². The largest absolute Gasteiger partial charge is 0.397 e. The Balaban J connectivity index is 2.22. The summed E-state index contributed by atoms with van der Waals surface area (Å²) >= 11 is 0. The van der Waals surface area contributed by atoms with E-state index in [-0.39, 0.29) is 5.91 Å². The first kappa shape index (κ1) is 10.2. The van der Waals surface area contributed by atoms with Gasteiger partial charge in [0.05, 0.1) is 23.6 Å². The van der Waals surface area contributed by atoms with Gasteiger partial charge < -0.3 is 11.1 Å². The number of nitrogen functional groups attached to an aromatic ring is 1. The molecule has 0 radical (unpaired) electrons. The molecule has 0 bridgehead atoms. The highest BCUT2D eigenvalue weighted by Gasteiger charge is 2.10. The van der Waals surface area contributed by atoms with Crippen molar-refractivity contribution in [2.24, 2.45) is 7.05 Å². The van der Waals surface area contributed by atoms with E-state index in [1.807, 2.05) is 0 Å². The van der Waals surface area contributed by atoms with Crippen molar-refractivity contribution in [3.05, 3.63) is 36.3 Å². The van der Waals surface area contributed by atoms with E-state index in [1.54, 1.807) is 30.1 Å². The molecule has 0 unspecified atom stereocenters. The predicted molar refractivity (Wildman–Crippen MR) is 59.8 cm³/mol. The molecule has 0 aliphatic carbocycles. The molecule has 1 amide bonds. The van der Waals surface area contributed by atoms with Crippen LogP contribution in [0.5, 0.6) is 0 Å². The second-order valence-corrected chi connectivity index (χ2v) is 3.26. The Labute approximate surface area is 92.1 Å². The van der Waals surface area contributed by atoms with Crippen LogP contribution < -0.4 is 11.1 Å². The lowest BCUT2D eigenvalue weighted by molar-refractivity contribution is 0.102. The first-order valence-electron chi connectivity index (χ1n) is 4.67. The standard InChI is InChI=1S/C10H11N5O/c1-15-9(3-5-13-15)14-10(16)7-2-4-12-6-8(7)11/h2-6H,11H2,1H3,(H,14,16). The van der Waals surface area contributed by atoms with Crippen molar-refractivity contribution in [2.75, 3.05) is 11.1 Å². The van der Waals surface area contributed by atoms with E-state index >= 15 is 0 Å². The van der Waals surface area contributed by atoms with Crippen molar-refractivity contribution in [2.45, 2.75) is 0 Å². The number of nitrogens with one attached hydrogen (secondary N) is 1. The topological polar surface area (TPSA) is 85.8 Å². The van der Waals surface area contributed by atoms with E-state index < -0.39 is 0 Å². The van der Waals surface area contributed by atoms with Gasteiger partial charge in [0.15, 0.2) is 0 Å². The molecule has 0 aliphatic rings. The van der Waals surface area contributed by atoms with Crippen molar-refractivity contribution < 1.29 is 4.79 Å². The number of hydrogen-bond donors (Lipinski definition) is 2. The molecule has 0 fully saturated rings. The first-order chi connectivity index (χ1) is 7.68. The molecule has 2 aromatic rings. The van der Waals surface area contributed by atoms with Crippen LogP contribution in [0.4, 0.5) is 11.5 Å². The van der Waals surface area contributed by atoms with E-state index in [2.05, 4.69) is 15.4 Å². The quantitative estimate of drug-likeness (QED) is 0.773. The normalized spacial score (nSPS) is 10.1. The molecular formula is C10H11N5O. The number of aromatic nitrogens is 3. The molecule has 0 atom stereocenters. The van der Waals surface area contributed by atoms with Gasteiger partial charge in [0.1, 0.15) is 5.82 Å². The Morgan fingerprint density at radius 1 is 1.44 bits per heavy atom. The SMILES string of the molecule is Cn1nccc1NC(=O)c1ccncc1N. The summed E-state index contributed by atoms with van der Waals surface area (Å²) in [5.74, 6) is 0.338. The minimum atomic E-state index is -0.275. The van der Waals surface area contributed by atoms with Crippen LogP contribution in [0.1, 0.15) is 10.4 Å². The highest BCUT2D eigenvalue weighted by atomic mass is 16.1. The number of hydrogen-bond acceptors (Lipinski definition) is 4. The van der Waals surface area contributed by atoms with Crippen LogP contribution in [0, 0.1) is 0 Å². The second-order valence-electron chi connectivity index (χ2n) is 3.26. The molecule has 0 saturated heterocycles. The summed E-state index contributed by atoms with van der Waals surface area (Å²) in [5.41, 5.74) is 6.39. The lowest BCUT2D eigenvalue weighted by Crippen LogP contribution is -2.16. The summed E-state index contributed by atoms with van der Waals surface area (Å²) in [5, 5.41) is 6.65. The van der Waals surface area contributed by atoms with Gasteiger partial charge in [-0.2, -0.15) is 5.10 Å². The smallest absolute Gasteiger partial charge is 0.259 e. The molecule has 6 nitrogen and oxygen atoms in total. The molecule has 6 heteroatoms. The summed E-state index contributed by atoms with van der Waals surface area (Å²) < 4.78 is 1.56. The van der Waals surface area contributed by atoms with E-state index in [1.165, 1.54) is 12.4 Å². The van der Waals surface area contributed by atoms with E-state index in [0.717, 1.165) is 0 Å². The Morgan fingerprint density at radius 2 is 2.25 bits per heavy atom. The fourth-order valence-electron chi connectivity index (χ4n) is 1.29. The second kappa shape index (κ2) is 4.01. The maximum Gasteiger partial charge on any atom is 0.259 e. The number of pyridine rings is 1. The first-order valence-corrected chi connectivity index (χ1v) is 4.67. The van der Waals surface area contributed by atoms with Crippen LogP contribution in [-0.4, -0.2) is 20.7 Å². The molecule has 0 spiro atoms. The Kier molecular flexibility index (Phi) is 2.55. The number of amides is 1. The maximum atomic E-state index is 11.8. The van der Waals surface area contributed by atoms with Crippen LogP contribution in [0.2, 0.25) is 0 Å². The lowest BCUT2D eigenvalue weighted by Gasteiger charge is -2.06. The monoisotopic (exact) mass is 217 g/mol. The highest BCUT2D eigenvalue weighted by molar-refractivity contribution is 6.07. The third kappa shape index (κ3) is 1.85. The zero-order valence-electron chi connectivity index (χ0n) is 8.71. The van der Waals surface area contributed by atoms with Gasteiger partial charge in [0.2, 0.25) is 0 Å². The number of nitrogens with zero attached hydrogens (tertiary/aromatic N) is 3. The van der Waals surface area contributed by atoms with Gasteiger partial charge in [0.25, 0.3) is 5.91 Å². The van der Waals surface area contributed by atoms with Crippen molar-refractivity contribution >= 4 is 17.4 Å². The minimum absolute atomic E-state index is 0.275. The fraction of sp³-hybridized carbons (Fsp3) is 0.100. The number of rotatable bonds is 2. The average molecular weight is 217 g/mol. The Hall–Kier alpha value is -2.37. The van der Waals surface area contributed by atoms with Crippen LogP contribution in [0.15, 0.2) is 30.7 Å². The summed E-state index contributed by atoms with van der Waals surface area (Å²) in [4.78, 5) is 15.6. The van der Waals surface area contributed by atoms with Crippen molar-refractivity contribution in [1.82, 2.24) is 14.8 Å². The predicted octanol–water partition coefficient (Wildman–Crippen LogP) is 0.650. The van der Waals surface area contributed by atoms with Crippen LogP contribution in [0.25, 0.3) is 0 Å². The van der Waals surface area contributed by atoms with Crippen molar-refractivity contribution in [3.63, 3.8) is 0 Å². The summed E-state index contributed by atoms with van der Waals surface area (Å²) in [6, 6.07) is 3.27. The van der Waals surface area contributed by atoms with Gasteiger partial charge in [-0.25, -0.2) is 0 Å². The van der Waals surface area contributed by atoms with Gasteiger partial charge >= 0.3 is 0 Å². The van der Waals surface area contributed by atoms with Crippen LogP contribution >= 0.6 is 0 Å². The molecule has 2 rings (SSSR count). The molecule has 0 saturated carbocycles. The summed E-state index contributed by atoms with van der Waals surface area (Å²) in [6.45, 7) is 0. The van der Waals surface area contributed by atoms with E-state index in [4.69, 9.17) is 5.73 Å². The third-order valence-corrected chi connectivity index (χ3v) is 2.16. The van der Waals surface area contributed by atoms with Crippen molar-refractivity contribution in [3.8, 4) is 0 Å². The summed E-state index contributed by atoms with van der Waals surface area (Å²) in [7, 11) is 1.74. The fourth-order valence-corrected chi connectivity index (χ4v) is 1.29. The molecule has 3 N–H and O–H groups in total. The van der Waals surface area contributed by atoms with Gasteiger partial charge in [-0.1, -0.05) is 0 Å². The van der Waals surface area contributed by atoms with Crippen LogP contribution in [0.3, 0.4) is 0 Å². The molecule has 16 heavy (non-hydrogen) atoms. The molecule has 2 heterocycles. The van der Waals surface area contributed by atoms with Crippen molar-refractivity contribution in [1.29, 1.82) is 0 Å². The zero-order chi connectivity index (χ0) is 11.5. The lowest BCUT2D eigenvalue weighted by atomic mass is 10.2. The molecular weight excluding hydrogens is 206 g/mol. The average Bonchev–Trinajstić information content (AvgIpc) is 2.65. The summed E-state index contributed by atoms with van der Waals surface area (Å²) in [6.07, 6.45) is 4.57. The number of anilines is 2. The third-order valence-electron chi connectivity index (χ3n) is 2.16. The molecule has 0 aliphatic heterocycles. The zero-order valence-corrected chi connectivity index (χ0v) is 8.71.